The van der Waals surface area contributed by atoms with Crippen LogP contribution in [0, 0.1) is 0 Å². The second kappa shape index (κ2) is 10.7. The van der Waals surface area contributed by atoms with Crippen molar-refractivity contribution in [1.82, 2.24) is 30.4 Å². The molecule has 0 aliphatic heterocycles. The van der Waals surface area contributed by atoms with Gasteiger partial charge in [0.05, 0.1) is 35.9 Å². The number of nitrogen functional groups attached to an aromatic ring is 1. The number of hydrogen-bond acceptors (Lipinski definition) is 8. The molecule has 1 fully saturated rings. The lowest BCUT2D eigenvalue weighted by Gasteiger charge is -2.32. The van der Waals surface area contributed by atoms with Crippen molar-refractivity contribution in [2.45, 2.75) is 70.6 Å². The highest BCUT2D eigenvalue weighted by atomic mass is 16.5. The molecule has 0 aromatic carbocycles. The predicted octanol–water partition coefficient (Wildman–Crippen LogP) is 3.31. The summed E-state index contributed by atoms with van der Waals surface area (Å²) in [7, 11) is 1.82. The fourth-order valence-electron chi connectivity index (χ4n) is 4.53. The summed E-state index contributed by atoms with van der Waals surface area (Å²) in [5, 5.41) is 15.0. The Bertz CT molecular complexity index is 990. The molecule has 2 aromatic rings. The van der Waals surface area contributed by atoms with Crippen molar-refractivity contribution in [3.05, 3.63) is 42.1 Å². The molecule has 0 spiro atoms. The molecule has 9 heteroatoms. The molecule has 2 aliphatic carbocycles. The second-order valence-electron chi connectivity index (χ2n) is 8.77. The summed E-state index contributed by atoms with van der Waals surface area (Å²) in [6.45, 7) is 4.91. The molecule has 4 rings (SSSR count). The van der Waals surface area contributed by atoms with Crippen LogP contribution in [0.3, 0.4) is 0 Å². The van der Waals surface area contributed by atoms with Gasteiger partial charge in [0.15, 0.2) is 0 Å². The Labute approximate surface area is 195 Å². The lowest BCUT2D eigenvalue weighted by atomic mass is 9.91. The van der Waals surface area contributed by atoms with E-state index in [1.165, 1.54) is 0 Å². The summed E-state index contributed by atoms with van der Waals surface area (Å²) in [5.74, 6) is 2.31. The van der Waals surface area contributed by atoms with Crippen LogP contribution in [0.1, 0.15) is 52.4 Å². The maximum atomic E-state index is 6.10. The van der Waals surface area contributed by atoms with Crippen LogP contribution >= 0.6 is 0 Å². The van der Waals surface area contributed by atoms with E-state index in [-0.39, 0.29) is 6.17 Å². The molecule has 5 N–H and O–H groups in total. The summed E-state index contributed by atoms with van der Waals surface area (Å²) < 4.78 is 7.45. The molecule has 2 heterocycles. The smallest absolute Gasteiger partial charge is 0.223 e. The van der Waals surface area contributed by atoms with Crippen LogP contribution in [0.5, 0.6) is 0 Å². The molecule has 2 aliphatic rings. The van der Waals surface area contributed by atoms with Crippen LogP contribution in [0.15, 0.2) is 42.1 Å². The standard InChI is InChI=1S/C24H36N8O/c1-4-33-22-8-6-5-7-21(22)29-16(2)28-17-9-11-18(12-10-17)30-24-26-14-13-20(31-24)19-15-27-32(3)23(19)25/h5,7,13-18,28-29H,4,6,8-12,25H2,1-3H3,(H,26,30,31). The minimum Gasteiger partial charge on any atom is -0.496 e. The molecular formula is C24H36N8O. The average Bonchev–Trinajstić information content (AvgIpc) is 3.15. The Hall–Kier alpha value is -3.07. The molecule has 0 amide bonds. The topological polar surface area (TPSA) is 115 Å². The third-order valence-electron chi connectivity index (χ3n) is 6.28. The van der Waals surface area contributed by atoms with Crippen LogP contribution in [-0.2, 0) is 11.8 Å². The first-order chi connectivity index (χ1) is 16.0. The number of nitrogens with zero attached hydrogens (tertiary/aromatic N) is 4. The third kappa shape index (κ3) is 5.84. The van der Waals surface area contributed by atoms with Gasteiger partial charge in [-0.3, -0.25) is 10.00 Å². The number of rotatable bonds is 9. The van der Waals surface area contributed by atoms with E-state index in [1.54, 1.807) is 17.1 Å². The van der Waals surface area contributed by atoms with Crippen molar-refractivity contribution < 1.29 is 4.74 Å². The number of nitrogens with two attached hydrogens (primary N) is 1. The molecule has 1 atom stereocenters. The number of anilines is 2. The van der Waals surface area contributed by atoms with Gasteiger partial charge in [0.25, 0.3) is 0 Å². The number of nitrogens with one attached hydrogen (secondary N) is 3. The quantitative estimate of drug-likeness (QED) is 0.429. The summed E-state index contributed by atoms with van der Waals surface area (Å²) in [4.78, 5) is 9.07. The van der Waals surface area contributed by atoms with Crippen molar-refractivity contribution in [3.8, 4) is 11.3 Å². The normalized spacial score (nSPS) is 21.7. The van der Waals surface area contributed by atoms with E-state index in [0.29, 0.717) is 30.5 Å². The molecule has 0 bridgehead atoms. The van der Waals surface area contributed by atoms with Gasteiger partial charge in [0.1, 0.15) is 11.6 Å². The van der Waals surface area contributed by atoms with Crippen LogP contribution in [0.4, 0.5) is 11.8 Å². The largest absolute Gasteiger partial charge is 0.496 e. The van der Waals surface area contributed by atoms with Gasteiger partial charge in [0.2, 0.25) is 5.95 Å². The van der Waals surface area contributed by atoms with E-state index in [1.807, 2.05) is 20.0 Å². The molecule has 1 unspecified atom stereocenters. The highest BCUT2D eigenvalue weighted by Crippen LogP contribution is 2.25. The van der Waals surface area contributed by atoms with E-state index < -0.39 is 0 Å². The molecular weight excluding hydrogens is 416 g/mol. The van der Waals surface area contributed by atoms with E-state index in [0.717, 1.165) is 61.2 Å². The zero-order valence-electron chi connectivity index (χ0n) is 19.8. The van der Waals surface area contributed by atoms with Crippen LogP contribution in [-0.4, -0.2) is 44.6 Å². The summed E-state index contributed by atoms with van der Waals surface area (Å²) in [6.07, 6.45) is 14.4. The lowest BCUT2D eigenvalue weighted by Crippen LogP contribution is -2.47. The monoisotopic (exact) mass is 452 g/mol. The Morgan fingerprint density at radius 3 is 2.76 bits per heavy atom. The van der Waals surface area contributed by atoms with Gasteiger partial charge in [0, 0.05) is 31.7 Å². The van der Waals surface area contributed by atoms with Crippen molar-refractivity contribution in [2.24, 2.45) is 7.05 Å². The fraction of sp³-hybridized carbons (Fsp3) is 0.542. The Morgan fingerprint density at radius 1 is 1.24 bits per heavy atom. The Kier molecular flexibility index (Phi) is 7.49. The first-order valence-corrected chi connectivity index (χ1v) is 12.0. The van der Waals surface area contributed by atoms with E-state index in [4.69, 9.17) is 10.5 Å². The minimum absolute atomic E-state index is 0.178. The van der Waals surface area contributed by atoms with Crippen molar-refractivity contribution in [3.63, 3.8) is 0 Å². The number of aryl methyl sites for hydroxylation is 1. The van der Waals surface area contributed by atoms with Crippen molar-refractivity contribution >= 4 is 11.8 Å². The van der Waals surface area contributed by atoms with Gasteiger partial charge in [-0.25, -0.2) is 9.97 Å². The summed E-state index contributed by atoms with van der Waals surface area (Å²) in [5.41, 5.74) is 8.81. The third-order valence-corrected chi connectivity index (χ3v) is 6.28. The molecule has 178 valence electrons. The van der Waals surface area contributed by atoms with Crippen molar-refractivity contribution in [1.29, 1.82) is 0 Å². The summed E-state index contributed by atoms with van der Waals surface area (Å²) >= 11 is 0. The Morgan fingerprint density at radius 2 is 2.03 bits per heavy atom. The highest BCUT2D eigenvalue weighted by molar-refractivity contribution is 5.70. The number of ether oxygens (including phenoxy) is 1. The maximum absolute atomic E-state index is 6.10. The molecule has 2 aromatic heterocycles. The number of aromatic nitrogens is 4. The number of hydrogen-bond donors (Lipinski definition) is 4. The van der Waals surface area contributed by atoms with Gasteiger partial charge in [-0.1, -0.05) is 6.08 Å². The Balaban J connectivity index is 1.27. The molecule has 9 nitrogen and oxygen atoms in total. The van der Waals surface area contributed by atoms with Crippen LogP contribution < -0.4 is 21.7 Å². The average molecular weight is 453 g/mol. The van der Waals surface area contributed by atoms with Gasteiger partial charge < -0.3 is 21.1 Å². The molecule has 0 radical (unpaired) electrons. The van der Waals surface area contributed by atoms with E-state index >= 15 is 0 Å². The predicted molar refractivity (Wildman–Crippen MR) is 131 cm³/mol. The first kappa shape index (κ1) is 23.1. The highest BCUT2D eigenvalue weighted by Gasteiger charge is 2.23. The number of allylic oxidation sites excluding steroid dienone is 3. The summed E-state index contributed by atoms with van der Waals surface area (Å²) in [6, 6.07) is 2.71. The molecule has 1 saturated carbocycles. The maximum Gasteiger partial charge on any atom is 0.223 e. The minimum atomic E-state index is 0.178. The van der Waals surface area contributed by atoms with Crippen molar-refractivity contribution in [2.75, 3.05) is 17.7 Å². The zero-order chi connectivity index (χ0) is 23.2. The zero-order valence-corrected chi connectivity index (χ0v) is 19.8. The fourth-order valence-corrected chi connectivity index (χ4v) is 4.53. The van der Waals surface area contributed by atoms with Gasteiger partial charge in [-0.15, -0.1) is 0 Å². The van der Waals surface area contributed by atoms with Gasteiger partial charge >= 0.3 is 0 Å². The van der Waals surface area contributed by atoms with E-state index in [9.17, 15) is 0 Å². The first-order valence-electron chi connectivity index (χ1n) is 12.0. The lowest BCUT2D eigenvalue weighted by molar-refractivity contribution is 0.210. The second-order valence-corrected chi connectivity index (χ2v) is 8.77. The van der Waals surface area contributed by atoms with E-state index in [2.05, 4.69) is 50.1 Å². The van der Waals surface area contributed by atoms with Crippen LogP contribution in [0.2, 0.25) is 0 Å². The molecule has 0 saturated heterocycles. The SMILES string of the molecule is CCOC1=C(NC(C)NC2CCC(Nc3nccc(-c4cnn(C)c4N)n3)CC2)C=CCC1. The van der Waals surface area contributed by atoms with Gasteiger partial charge in [-0.05, 0) is 58.1 Å². The van der Waals surface area contributed by atoms with Gasteiger partial charge in [-0.2, -0.15) is 5.10 Å². The molecule has 33 heavy (non-hydrogen) atoms. The van der Waals surface area contributed by atoms with Crippen LogP contribution in [0.25, 0.3) is 11.3 Å².